The number of carbonyl (C=O) groups excluding carboxylic acids is 2. The van der Waals surface area contributed by atoms with Gasteiger partial charge in [0, 0.05) is 50.9 Å². The van der Waals surface area contributed by atoms with Crippen molar-refractivity contribution in [2.24, 2.45) is 11.8 Å². The first-order valence-electron chi connectivity index (χ1n) is 16.6. The van der Waals surface area contributed by atoms with Crippen LogP contribution in [0.25, 0.3) is 21.8 Å². The number of fused-ring (bicyclic) bond motifs is 2. The Morgan fingerprint density at radius 1 is 1.04 bits per heavy atom. The van der Waals surface area contributed by atoms with Crippen LogP contribution in [0.1, 0.15) is 50.8 Å². The van der Waals surface area contributed by atoms with Crippen molar-refractivity contribution < 1.29 is 14.3 Å². The Morgan fingerprint density at radius 2 is 1.87 bits per heavy atom. The van der Waals surface area contributed by atoms with Gasteiger partial charge >= 0.3 is 11.8 Å². The molecule has 0 unspecified atom stereocenters. The van der Waals surface area contributed by atoms with Gasteiger partial charge in [0.05, 0.1) is 41.2 Å². The Labute approximate surface area is 272 Å². The van der Waals surface area contributed by atoms with Crippen LogP contribution in [0.15, 0.2) is 43.0 Å². The van der Waals surface area contributed by atoms with Crippen molar-refractivity contribution in [3.63, 3.8) is 0 Å². The largest absolute Gasteiger partial charge is 0.360 e. The maximum atomic E-state index is 13.9. The van der Waals surface area contributed by atoms with Gasteiger partial charge in [0.15, 0.2) is 0 Å². The molecule has 2 amide bonds. The van der Waals surface area contributed by atoms with Gasteiger partial charge in [-0.05, 0) is 62.4 Å². The molecule has 0 spiro atoms. The number of hydrogen-bond acceptors (Lipinski definition) is 7. The van der Waals surface area contributed by atoms with E-state index >= 15 is 0 Å². The van der Waals surface area contributed by atoms with Gasteiger partial charge < -0.3 is 19.9 Å². The molecule has 0 bridgehead atoms. The molecule has 1 aromatic carbocycles. The van der Waals surface area contributed by atoms with Crippen molar-refractivity contribution in [2.75, 3.05) is 38.6 Å². The summed E-state index contributed by atoms with van der Waals surface area (Å²) >= 11 is 0. The molecular formula is C34H48N8O3Si. The van der Waals surface area contributed by atoms with Gasteiger partial charge in [-0.25, -0.2) is 4.68 Å². The minimum Gasteiger partial charge on any atom is -0.360 e. The first kappa shape index (κ1) is 32.3. The SMILES string of the molecule is C[C@H]1CC[C@H](c2ccc3cn([C@@H]4CCN(C)C[C@H]4C)nc3c2)N(C(=O)C(=O)Nc2cncc3cnn(COCC[Si](C)(C)C)c23)C1. The standard InChI is InChI=1S/C34H48N8O3Si/c1-23-7-10-31(25-8-9-26-21-41(38-28(26)15-25)30-11-12-39(3)20-24(30)2)40(19-23)34(44)33(43)37-29-18-35-16-27-17-36-42(32(27)29)22-45-13-14-46(4,5)6/h8-9,15-18,21,23-24,30-31H,7,10-14,19-20,22H2,1-6H3,(H,37,43)/t23-,24+,30+,31+/m0/s1. The van der Waals surface area contributed by atoms with E-state index < -0.39 is 19.9 Å². The lowest BCUT2D eigenvalue weighted by Gasteiger charge is -2.38. The number of hydrogen-bond donors (Lipinski definition) is 1. The molecule has 46 heavy (non-hydrogen) atoms. The van der Waals surface area contributed by atoms with E-state index in [1.165, 1.54) is 0 Å². The number of nitrogens with zero attached hydrogens (tertiary/aromatic N) is 7. The molecule has 4 atom stereocenters. The quantitative estimate of drug-likeness (QED) is 0.152. The topological polar surface area (TPSA) is 110 Å². The Hall–Kier alpha value is -3.61. The molecule has 4 aromatic rings. The van der Waals surface area contributed by atoms with Crippen LogP contribution in [0.2, 0.25) is 25.7 Å². The third kappa shape index (κ3) is 7.03. The van der Waals surface area contributed by atoms with Gasteiger partial charge in [0.1, 0.15) is 6.73 Å². The minimum absolute atomic E-state index is 0.203. The van der Waals surface area contributed by atoms with Crippen LogP contribution in [0, 0.1) is 11.8 Å². The molecule has 5 heterocycles. The molecule has 12 heteroatoms. The normalized spacial score (nSPS) is 22.9. The second-order valence-corrected chi connectivity index (χ2v) is 20.4. The minimum atomic E-state index is -1.22. The fourth-order valence-corrected chi connectivity index (χ4v) is 7.71. The van der Waals surface area contributed by atoms with Crippen LogP contribution in [-0.2, 0) is 21.1 Å². The molecule has 0 saturated carbocycles. The number of amides is 2. The number of benzene rings is 1. The summed E-state index contributed by atoms with van der Waals surface area (Å²) < 4.78 is 9.79. The molecule has 2 fully saturated rings. The number of rotatable bonds is 8. The van der Waals surface area contributed by atoms with Crippen LogP contribution in [0.4, 0.5) is 5.69 Å². The average molecular weight is 645 g/mol. The third-order valence-corrected chi connectivity index (χ3v) is 11.3. The molecular weight excluding hydrogens is 597 g/mol. The van der Waals surface area contributed by atoms with E-state index in [0.717, 1.165) is 60.2 Å². The lowest BCUT2D eigenvalue weighted by Crippen LogP contribution is -2.46. The van der Waals surface area contributed by atoms with E-state index in [1.807, 2.05) is 0 Å². The summed E-state index contributed by atoms with van der Waals surface area (Å²) in [6, 6.07) is 7.52. The summed E-state index contributed by atoms with van der Waals surface area (Å²) in [5.41, 5.74) is 3.07. The highest BCUT2D eigenvalue weighted by atomic mass is 28.3. The number of ether oxygens (including phenoxy) is 1. The van der Waals surface area contributed by atoms with Crippen LogP contribution in [0.5, 0.6) is 0 Å². The highest BCUT2D eigenvalue weighted by Gasteiger charge is 2.35. The number of piperidine rings is 2. The summed E-state index contributed by atoms with van der Waals surface area (Å²) in [5.74, 6) is -0.415. The zero-order chi connectivity index (χ0) is 32.6. The zero-order valence-corrected chi connectivity index (χ0v) is 29.1. The van der Waals surface area contributed by atoms with Crippen molar-refractivity contribution in [1.82, 2.24) is 34.3 Å². The molecule has 2 aliphatic rings. The van der Waals surface area contributed by atoms with Crippen molar-refractivity contribution in [3.05, 3.63) is 48.5 Å². The van der Waals surface area contributed by atoms with Crippen molar-refractivity contribution in [1.29, 1.82) is 0 Å². The van der Waals surface area contributed by atoms with Crippen LogP contribution >= 0.6 is 0 Å². The van der Waals surface area contributed by atoms with Crippen LogP contribution in [-0.4, -0.2) is 87.5 Å². The molecule has 246 valence electrons. The Balaban J connectivity index is 1.19. The predicted octanol–water partition coefficient (Wildman–Crippen LogP) is 5.54. The van der Waals surface area contributed by atoms with E-state index in [9.17, 15) is 9.59 Å². The van der Waals surface area contributed by atoms with E-state index in [1.54, 1.807) is 28.2 Å². The predicted molar refractivity (Wildman–Crippen MR) is 183 cm³/mol. The van der Waals surface area contributed by atoms with Gasteiger partial charge in [-0.15, -0.1) is 0 Å². The molecule has 1 N–H and O–H groups in total. The zero-order valence-electron chi connectivity index (χ0n) is 28.1. The lowest BCUT2D eigenvalue weighted by molar-refractivity contribution is -0.146. The fraction of sp³-hybridized carbons (Fsp3) is 0.559. The van der Waals surface area contributed by atoms with E-state index in [2.05, 4.69) is 89.9 Å². The maximum absolute atomic E-state index is 13.9. The van der Waals surface area contributed by atoms with Gasteiger partial charge in [-0.1, -0.05) is 45.6 Å². The third-order valence-electron chi connectivity index (χ3n) is 9.61. The number of pyridine rings is 1. The smallest absolute Gasteiger partial charge is 0.314 e. The first-order chi connectivity index (χ1) is 22.0. The molecule has 11 nitrogen and oxygen atoms in total. The molecule has 0 aliphatic carbocycles. The van der Waals surface area contributed by atoms with Crippen molar-refractivity contribution in [3.8, 4) is 0 Å². The van der Waals surface area contributed by atoms with E-state index in [-0.39, 0.29) is 12.8 Å². The lowest BCUT2D eigenvalue weighted by atomic mass is 9.89. The Morgan fingerprint density at radius 3 is 2.65 bits per heavy atom. The summed E-state index contributed by atoms with van der Waals surface area (Å²) in [5, 5.41) is 14.2. The van der Waals surface area contributed by atoms with E-state index in [4.69, 9.17) is 9.84 Å². The summed E-state index contributed by atoms with van der Waals surface area (Å²) in [6.45, 7) is 14.9. The molecule has 0 radical (unpaired) electrons. The average Bonchev–Trinajstić information content (AvgIpc) is 3.62. The Kier molecular flexibility index (Phi) is 9.31. The van der Waals surface area contributed by atoms with Crippen LogP contribution < -0.4 is 5.32 Å². The molecule has 2 aliphatic heterocycles. The second kappa shape index (κ2) is 13.2. The highest BCUT2D eigenvalue weighted by Crippen LogP contribution is 2.36. The first-order valence-corrected chi connectivity index (χ1v) is 20.3. The van der Waals surface area contributed by atoms with Gasteiger partial charge in [-0.3, -0.25) is 19.3 Å². The fourth-order valence-electron chi connectivity index (χ4n) is 6.95. The second-order valence-electron chi connectivity index (χ2n) is 14.7. The number of nitrogens with one attached hydrogen (secondary N) is 1. The summed E-state index contributed by atoms with van der Waals surface area (Å²) in [6.07, 6.45) is 9.97. The van der Waals surface area contributed by atoms with Crippen molar-refractivity contribution >= 4 is 47.4 Å². The van der Waals surface area contributed by atoms with Crippen molar-refractivity contribution in [2.45, 2.75) is 77.6 Å². The summed E-state index contributed by atoms with van der Waals surface area (Å²) in [7, 11) is 0.951. The van der Waals surface area contributed by atoms with E-state index in [0.29, 0.717) is 42.2 Å². The number of aromatic nitrogens is 5. The van der Waals surface area contributed by atoms with Crippen LogP contribution in [0.3, 0.4) is 0 Å². The molecule has 3 aromatic heterocycles. The molecule has 2 saturated heterocycles. The number of carbonyl (C=O) groups is 2. The summed E-state index contributed by atoms with van der Waals surface area (Å²) in [4.78, 5) is 35.8. The van der Waals surface area contributed by atoms with Gasteiger partial charge in [-0.2, -0.15) is 10.2 Å². The maximum Gasteiger partial charge on any atom is 0.314 e. The highest BCUT2D eigenvalue weighted by molar-refractivity contribution is 6.76. The number of likely N-dealkylation sites (tertiary alicyclic amines) is 2. The van der Waals surface area contributed by atoms with Gasteiger partial charge in [0.2, 0.25) is 0 Å². The number of anilines is 1. The van der Waals surface area contributed by atoms with Gasteiger partial charge in [0.25, 0.3) is 0 Å². The monoisotopic (exact) mass is 644 g/mol. The molecule has 6 rings (SSSR count). The Bertz CT molecular complexity index is 1710.